The second-order valence-electron chi connectivity index (χ2n) is 8.02. The van der Waals surface area contributed by atoms with Crippen LogP contribution in [0.4, 0.5) is 5.69 Å². The summed E-state index contributed by atoms with van der Waals surface area (Å²) in [4.78, 5) is 0. The molecule has 2 aliphatic rings. The molecule has 0 aliphatic carbocycles. The first kappa shape index (κ1) is 18.2. The van der Waals surface area contributed by atoms with Gasteiger partial charge in [0.05, 0.1) is 0 Å². The van der Waals surface area contributed by atoms with Gasteiger partial charge in [0.25, 0.3) is 0 Å². The summed E-state index contributed by atoms with van der Waals surface area (Å²) < 4.78 is 16.3. The summed E-state index contributed by atoms with van der Waals surface area (Å²) in [6, 6.07) is 39.4. The van der Waals surface area contributed by atoms with Crippen LogP contribution in [0.3, 0.4) is 0 Å². The fourth-order valence-electron chi connectivity index (χ4n) is 4.61. The Morgan fingerprint density at radius 1 is 0.581 bits per heavy atom. The predicted molar refractivity (Wildman–Crippen MR) is 129 cm³/mol. The van der Waals surface area contributed by atoms with E-state index in [4.69, 9.17) is 9.05 Å². The van der Waals surface area contributed by atoms with Gasteiger partial charge in [-0.25, -0.2) is 0 Å². The zero-order chi connectivity index (χ0) is 20.9. The normalized spacial score (nSPS) is 18.9. The number of rotatable bonds is 3. The molecule has 4 heteroatoms. The molecule has 31 heavy (non-hydrogen) atoms. The van der Waals surface area contributed by atoms with Crippen LogP contribution in [0, 0.1) is 0 Å². The Balaban J connectivity index is 1.71. The van der Waals surface area contributed by atoms with Crippen molar-refractivity contribution in [3.63, 3.8) is 0 Å². The van der Waals surface area contributed by atoms with Crippen LogP contribution in [0.5, 0.6) is 5.75 Å². The van der Waals surface area contributed by atoms with Gasteiger partial charge in [0.2, 0.25) is 0 Å². The quantitative estimate of drug-likeness (QED) is 0.343. The van der Waals surface area contributed by atoms with Gasteiger partial charge in [-0.2, -0.15) is 0 Å². The molecule has 0 spiro atoms. The minimum absolute atomic E-state index is 0.852. The van der Waals surface area contributed by atoms with Crippen LogP contribution in [0.1, 0.15) is 11.1 Å². The predicted octanol–water partition coefficient (Wildman–Crippen LogP) is 6.70. The number of fused-ring (bicyclic) bond motifs is 3. The van der Waals surface area contributed by atoms with E-state index in [2.05, 4.69) is 84.1 Å². The zero-order valence-electron chi connectivity index (χ0n) is 17.2. The molecular formula is C27H22NO2P. The van der Waals surface area contributed by atoms with E-state index in [1.165, 1.54) is 0 Å². The van der Waals surface area contributed by atoms with Crippen molar-refractivity contribution < 1.29 is 9.05 Å². The van der Waals surface area contributed by atoms with Gasteiger partial charge >= 0.3 is 182 Å². The SMILES string of the molecule is CP12(c3ccccc3)OC(c3ccccc3)=C(c3ccccc3)N1c1ccccc1O2. The van der Waals surface area contributed by atoms with E-state index in [0.717, 1.165) is 39.3 Å². The number of hydrogen-bond donors (Lipinski definition) is 0. The molecule has 0 unspecified atom stereocenters. The number of nitrogens with zero attached hydrogens (tertiary/aromatic N) is 1. The second kappa shape index (κ2) is 6.47. The van der Waals surface area contributed by atoms with Crippen LogP contribution in [0.2, 0.25) is 0 Å². The summed E-state index contributed by atoms with van der Waals surface area (Å²) in [5, 5.41) is 1.06. The van der Waals surface area contributed by atoms with Crippen LogP contribution in [-0.4, -0.2) is 6.66 Å². The van der Waals surface area contributed by atoms with Gasteiger partial charge < -0.3 is 0 Å². The van der Waals surface area contributed by atoms with Gasteiger partial charge in [-0.3, -0.25) is 0 Å². The first-order valence-electron chi connectivity index (χ1n) is 10.4. The second-order valence-corrected chi connectivity index (χ2v) is 11.9. The maximum absolute atomic E-state index is 7.10. The molecule has 152 valence electrons. The Labute approximate surface area is 182 Å². The summed E-state index contributed by atoms with van der Waals surface area (Å²) in [6.45, 7) is 2.15. The molecule has 0 saturated carbocycles. The molecule has 0 radical (unpaired) electrons. The molecule has 3 nitrogen and oxygen atoms in total. The van der Waals surface area contributed by atoms with Crippen molar-refractivity contribution in [1.29, 1.82) is 0 Å². The Kier molecular flexibility index (Phi) is 3.81. The third-order valence-corrected chi connectivity index (χ3v) is 10.1. The molecule has 0 amide bonds. The van der Waals surface area contributed by atoms with E-state index in [0.29, 0.717) is 0 Å². The molecule has 2 heterocycles. The van der Waals surface area contributed by atoms with E-state index in [1.807, 2.05) is 42.5 Å². The molecule has 0 saturated heterocycles. The maximum atomic E-state index is 7.10. The van der Waals surface area contributed by atoms with Crippen LogP contribution in [0.15, 0.2) is 115 Å². The van der Waals surface area contributed by atoms with Crippen LogP contribution in [0.25, 0.3) is 11.5 Å². The van der Waals surface area contributed by atoms with E-state index < -0.39 is 7.21 Å². The fourth-order valence-corrected chi connectivity index (χ4v) is 8.68. The standard InChI is InChI=1S/C27H22NO2P/c1-31(23-17-9-4-10-18-23)28(24-19-11-12-20-25(24)29-31)26(21-13-5-2-6-14-21)27(30-31)22-15-7-3-8-16-22/h2-20H,1H3. The monoisotopic (exact) mass is 423 g/mol. The Hall–Kier alpha value is -3.55. The fraction of sp³-hybridized carbons (Fsp3) is 0.0370. The van der Waals surface area contributed by atoms with Gasteiger partial charge in [-0.15, -0.1) is 0 Å². The van der Waals surface area contributed by atoms with E-state index in [-0.39, 0.29) is 0 Å². The molecule has 0 N–H and O–H groups in total. The van der Waals surface area contributed by atoms with Crippen molar-refractivity contribution in [3.05, 3.63) is 126 Å². The summed E-state index contributed by atoms with van der Waals surface area (Å²) in [6.07, 6.45) is 0. The Bertz CT molecular complexity index is 1310. The van der Waals surface area contributed by atoms with E-state index >= 15 is 0 Å². The Morgan fingerprint density at radius 2 is 1.13 bits per heavy atom. The first-order valence-corrected chi connectivity index (χ1v) is 12.9. The van der Waals surface area contributed by atoms with Crippen molar-refractivity contribution in [2.75, 3.05) is 11.3 Å². The van der Waals surface area contributed by atoms with E-state index in [1.54, 1.807) is 0 Å². The topological polar surface area (TPSA) is 21.7 Å². The summed E-state index contributed by atoms with van der Waals surface area (Å²) in [5.74, 6) is 1.71. The number of para-hydroxylation sites is 2. The molecule has 0 atom stereocenters. The summed E-state index contributed by atoms with van der Waals surface area (Å²) >= 11 is 0. The minimum atomic E-state index is -3.52. The molecular weight excluding hydrogens is 401 g/mol. The third-order valence-electron chi connectivity index (χ3n) is 6.03. The van der Waals surface area contributed by atoms with Crippen molar-refractivity contribution in [3.8, 4) is 5.75 Å². The molecule has 4 aromatic carbocycles. The number of hydrogen-bond acceptors (Lipinski definition) is 3. The molecule has 0 aromatic heterocycles. The van der Waals surface area contributed by atoms with Gasteiger partial charge in [-0.1, -0.05) is 0 Å². The molecule has 0 bridgehead atoms. The average Bonchev–Trinajstić information content (AvgIpc) is 3.27. The summed E-state index contributed by atoms with van der Waals surface area (Å²) in [7, 11) is -3.52. The average molecular weight is 423 g/mol. The van der Waals surface area contributed by atoms with Gasteiger partial charge in [0.1, 0.15) is 0 Å². The molecule has 6 rings (SSSR count). The third kappa shape index (κ3) is 2.50. The number of benzene rings is 4. The van der Waals surface area contributed by atoms with Crippen molar-refractivity contribution >= 4 is 29.7 Å². The zero-order valence-corrected chi connectivity index (χ0v) is 18.1. The summed E-state index contributed by atoms with van der Waals surface area (Å²) in [5.41, 5.74) is 4.22. The van der Waals surface area contributed by atoms with Crippen molar-refractivity contribution in [1.82, 2.24) is 0 Å². The van der Waals surface area contributed by atoms with Crippen LogP contribution in [-0.2, 0) is 4.52 Å². The van der Waals surface area contributed by atoms with Crippen LogP contribution >= 0.6 is 7.21 Å². The van der Waals surface area contributed by atoms with Crippen LogP contribution < -0.4 is 14.5 Å². The first-order chi connectivity index (χ1) is 15.2. The van der Waals surface area contributed by atoms with Gasteiger partial charge in [-0.05, 0) is 0 Å². The van der Waals surface area contributed by atoms with Crippen molar-refractivity contribution in [2.24, 2.45) is 0 Å². The number of anilines is 1. The molecule has 4 aromatic rings. The molecule has 0 fully saturated rings. The Morgan fingerprint density at radius 3 is 1.81 bits per heavy atom. The van der Waals surface area contributed by atoms with Gasteiger partial charge in [0.15, 0.2) is 0 Å². The van der Waals surface area contributed by atoms with E-state index in [9.17, 15) is 0 Å². The van der Waals surface area contributed by atoms with Gasteiger partial charge in [0, 0.05) is 0 Å². The van der Waals surface area contributed by atoms with Crippen molar-refractivity contribution in [2.45, 2.75) is 0 Å². The molecule has 2 aliphatic heterocycles.